The predicted molar refractivity (Wildman–Crippen MR) is 180 cm³/mol. The molecule has 0 spiro atoms. The Morgan fingerprint density at radius 3 is 2.57 bits per heavy atom. The van der Waals surface area contributed by atoms with E-state index in [-0.39, 0.29) is 59.5 Å². The molecule has 3 amide bonds. The lowest BCUT2D eigenvalue weighted by Crippen LogP contribution is -2.48. The first-order valence-electron chi connectivity index (χ1n) is 16.4. The summed E-state index contributed by atoms with van der Waals surface area (Å²) >= 11 is 1.17. The van der Waals surface area contributed by atoms with E-state index in [1.807, 2.05) is 13.8 Å². The number of carbonyl (C=O) groups is 2. The Kier molecular flexibility index (Phi) is 13.3. The van der Waals surface area contributed by atoms with Crippen molar-refractivity contribution < 1.29 is 32.6 Å². The SMILES string of the molecule is C[C@@H]1CCCCO[C@H](CN(C)S(=O)(=O)c2cccs2)[C@H](C)CN([C@H](C)CO)C(=O)c2cc(NC(=O)NC3CCCCC3)ccc2O1. The summed E-state index contributed by atoms with van der Waals surface area (Å²) in [4.78, 5) is 28.8. The minimum absolute atomic E-state index is 0.108. The summed E-state index contributed by atoms with van der Waals surface area (Å²) in [5.41, 5.74) is 0.741. The van der Waals surface area contributed by atoms with E-state index in [4.69, 9.17) is 9.47 Å². The molecule has 46 heavy (non-hydrogen) atoms. The number of anilines is 1. The lowest BCUT2D eigenvalue weighted by molar-refractivity contribution is -0.00832. The molecule has 2 aliphatic rings. The highest BCUT2D eigenvalue weighted by atomic mass is 32.2. The van der Waals surface area contributed by atoms with E-state index < -0.39 is 22.2 Å². The quantitative estimate of drug-likeness (QED) is 0.344. The maximum absolute atomic E-state index is 14.3. The fourth-order valence-electron chi connectivity index (χ4n) is 5.98. The predicted octanol–water partition coefficient (Wildman–Crippen LogP) is 5.32. The smallest absolute Gasteiger partial charge is 0.319 e. The van der Waals surface area contributed by atoms with Crippen molar-refractivity contribution in [3.8, 4) is 5.75 Å². The van der Waals surface area contributed by atoms with Gasteiger partial charge < -0.3 is 30.1 Å². The van der Waals surface area contributed by atoms with Crippen molar-refractivity contribution >= 4 is 39.0 Å². The number of ether oxygens (including phenoxy) is 2. The van der Waals surface area contributed by atoms with Gasteiger partial charge in [0.05, 0.1) is 30.4 Å². The number of likely N-dealkylation sites (N-methyl/N-ethyl adjacent to an activating group) is 1. The van der Waals surface area contributed by atoms with Gasteiger partial charge in [0.2, 0.25) is 0 Å². The molecule has 4 atom stereocenters. The van der Waals surface area contributed by atoms with Crippen LogP contribution in [0, 0.1) is 5.92 Å². The van der Waals surface area contributed by atoms with Crippen molar-refractivity contribution in [3.05, 3.63) is 41.3 Å². The summed E-state index contributed by atoms with van der Waals surface area (Å²) in [6.45, 7) is 6.12. The number of urea groups is 1. The Bertz CT molecular complexity index is 1380. The van der Waals surface area contributed by atoms with Crippen LogP contribution in [0.2, 0.25) is 0 Å². The molecule has 0 bridgehead atoms. The van der Waals surface area contributed by atoms with E-state index in [0.717, 1.165) is 44.9 Å². The summed E-state index contributed by atoms with van der Waals surface area (Å²) in [6, 6.07) is 7.64. The number of amides is 3. The Balaban J connectivity index is 1.60. The van der Waals surface area contributed by atoms with Crippen LogP contribution in [0.3, 0.4) is 0 Å². The molecule has 1 aromatic heterocycles. The monoisotopic (exact) mass is 678 g/mol. The molecule has 1 saturated carbocycles. The molecule has 2 aromatic rings. The molecular weight excluding hydrogens is 629 g/mol. The van der Waals surface area contributed by atoms with Gasteiger partial charge in [-0.05, 0) is 75.6 Å². The summed E-state index contributed by atoms with van der Waals surface area (Å²) in [5.74, 6) is -0.236. The van der Waals surface area contributed by atoms with Gasteiger partial charge in [0.1, 0.15) is 9.96 Å². The van der Waals surface area contributed by atoms with E-state index >= 15 is 0 Å². The first-order valence-corrected chi connectivity index (χ1v) is 18.7. The van der Waals surface area contributed by atoms with Gasteiger partial charge in [0.15, 0.2) is 0 Å². The highest BCUT2D eigenvalue weighted by Gasteiger charge is 2.32. The van der Waals surface area contributed by atoms with Gasteiger partial charge in [-0.25, -0.2) is 13.2 Å². The van der Waals surface area contributed by atoms with Crippen LogP contribution in [-0.4, -0.2) is 92.3 Å². The van der Waals surface area contributed by atoms with Gasteiger partial charge in [0.25, 0.3) is 15.9 Å². The van der Waals surface area contributed by atoms with Gasteiger partial charge in [-0.3, -0.25) is 4.79 Å². The van der Waals surface area contributed by atoms with E-state index in [2.05, 4.69) is 10.6 Å². The van der Waals surface area contributed by atoms with Crippen molar-refractivity contribution in [2.75, 3.05) is 38.7 Å². The van der Waals surface area contributed by atoms with Crippen LogP contribution in [-0.2, 0) is 14.8 Å². The molecule has 13 heteroatoms. The first-order chi connectivity index (χ1) is 22.0. The van der Waals surface area contributed by atoms with Crippen LogP contribution in [0.5, 0.6) is 5.75 Å². The van der Waals surface area contributed by atoms with E-state index in [1.165, 1.54) is 22.1 Å². The van der Waals surface area contributed by atoms with Gasteiger partial charge >= 0.3 is 6.03 Å². The summed E-state index contributed by atoms with van der Waals surface area (Å²) in [7, 11) is -2.16. The van der Waals surface area contributed by atoms with Crippen molar-refractivity contribution in [1.29, 1.82) is 0 Å². The third-order valence-electron chi connectivity index (χ3n) is 8.85. The van der Waals surface area contributed by atoms with Crippen molar-refractivity contribution in [2.24, 2.45) is 5.92 Å². The third kappa shape index (κ3) is 9.66. The molecule has 3 N–H and O–H groups in total. The molecule has 11 nitrogen and oxygen atoms in total. The lowest BCUT2D eigenvalue weighted by atomic mass is 9.96. The average molecular weight is 679 g/mol. The highest BCUT2D eigenvalue weighted by Crippen LogP contribution is 2.29. The number of rotatable bonds is 8. The van der Waals surface area contributed by atoms with Crippen LogP contribution in [0.15, 0.2) is 39.9 Å². The Hall–Kier alpha value is -2.71. The number of thiophene rings is 1. The maximum atomic E-state index is 14.3. The van der Waals surface area contributed by atoms with Crippen molar-refractivity contribution in [2.45, 2.75) is 101 Å². The second-order valence-electron chi connectivity index (χ2n) is 12.7. The van der Waals surface area contributed by atoms with E-state index in [1.54, 1.807) is 54.6 Å². The summed E-state index contributed by atoms with van der Waals surface area (Å²) in [6.07, 6.45) is 6.90. The largest absolute Gasteiger partial charge is 0.490 e. The molecule has 1 aromatic carbocycles. The third-order valence-corrected chi connectivity index (χ3v) is 12.0. The topological polar surface area (TPSA) is 138 Å². The molecule has 4 rings (SSSR count). The number of nitrogens with one attached hydrogen (secondary N) is 2. The summed E-state index contributed by atoms with van der Waals surface area (Å²) < 4.78 is 40.6. The molecule has 256 valence electrons. The fraction of sp³-hybridized carbons (Fsp3) is 0.636. The average Bonchev–Trinajstić information content (AvgIpc) is 3.59. The molecule has 0 unspecified atom stereocenters. The van der Waals surface area contributed by atoms with Crippen molar-refractivity contribution in [3.63, 3.8) is 0 Å². The minimum atomic E-state index is -3.70. The molecule has 1 aliphatic heterocycles. The highest BCUT2D eigenvalue weighted by molar-refractivity contribution is 7.91. The number of hydrogen-bond donors (Lipinski definition) is 3. The Labute approximate surface area is 277 Å². The maximum Gasteiger partial charge on any atom is 0.319 e. The second kappa shape index (κ2) is 16.9. The number of carbonyl (C=O) groups excluding carboxylic acids is 2. The number of benzene rings is 1. The van der Waals surface area contributed by atoms with Gasteiger partial charge in [0, 0.05) is 44.4 Å². The zero-order chi connectivity index (χ0) is 33.3. The van der Waals surface area contributed by atoms with Crippen LogP contribution < -0.4 is 15.4 Å². The zero-order valence-electron chi connectivity index (χ0n) is 27.4. The lowest BCUT2D eigenvalue weighted by Gasteiger charge is -2.35. The Morgan fingerprint density at radius 1 is 1.13 bits per heavy atom. The number of sulfonamides is 1. The second-order valence-corrected chi connectivity index (χ2v) is 15.9. The molecule has 1 aliphatic carbocycles. The van der Waals surface area contributed by atoms with Gasteiger partial charge in [-0.1, -0.05) is 32.3 Å². The number of aliphatic hydroxyl groups excluding tert-OH is 1. The van der Waals surface area contributed by atoms with Crippen molar-refractivity contribution in [1.82, 2.24) is 14.5 Å². The van der Waals surface area contributed by atoms with Crippen LogP contribution in [0.4, 0.5) is 10.5 Å². The number of aliphatic hydroxyl groups is 1. The summed E-state index contributed by atoms with van der Waals surface area (Å²) in [5, 5.41) is 17.9. The molecular formula is C33H50N4O7S2. The van der Waals surface area contributed by atoms with Crippen LogP contribution in [0.1, 0.15) is 82.5 Å². The molecule has 1 fully saturated rings. The number of hydrogen-bond acceptors (Lipinski definition) is 8. The van der Waals surface area contributed by atoms with Gasteiger partial charge in [-0.15, -0.1) is 11.3 Å². The van der Waals surface area contributed by atoms with Crippen LogP contribution >= 0.6 is 11.3 Å². The number of fused-ring (bicyclic) bond motifs is 1. The number of nitrogens with zero attached hydrogens (tertiary/aromatic N) is 2. The standard InChI is InChI=1S/C33H50N4O7S2/c1-23-20-37(24(2)22-38)32(39)28-19-27(35-33(40)34-26-12-6-5-7-13-26)15-16-29(28)44-25(3)11-8-9-17-43-30(23)21-36(4)46(41,42)31-14-10-18-45-31/h10,14-16,18-19,23-26,30,38H,5-9,11-13,17,20-22H2,1-4H3,(H2,34,35,40)/t23-,24-,25-,30-/m1/s1. The molecule has 2 heterocycles. The normalized spacial score (nSPS) is 23.2. The van der Waals surface area contributed by atoms with Crippen LogP contribution in [0.25, 0.3) is 0 Å². The zero-order valence-corrected chi connectivity index (χ0v) is 29.1. The van der Waals surface area contributed by atoms with E-state index in [9.17, 15) is 23.1 Å². The van der Waals surface area contributed by atoms with E-state index in [0.29, 0.717) is 18.0 Å². The molecule has 0 radical (unpaired) electrons. The van der Waals surface area contributed by atoms with Gasteiger partial charge in [-0.2, -0.15) is 4.31 Å². The Morgan fingerprint density at radius 2 is 1.87 bits per heavy atom. The minimum Gasteiger partial charge on any atom is -0.490 e. The molecule has 0 saturated heterocycles. The fourth-order valence-corrected chi connectivity index (χ4v) is 8.36. The first kappa shape index (κ1) is 36.1.